The smallest absolute Gasteiger partial charge is 0.226 e. The Morgan fingerprint density at radius 1 is 1.25 bits per heavy atom. The van der Waals surface area contributed by atoms with Crippen LogP contribution in [0.2, 0.25) is 0 Å². The van der Waals surface area contributed by atoms with Crippen molar-refractivity contribution in [2.45, 2.75) is 37.8 Å². The van der Waals surface area contributed by atoms with Gasteiger partial charge >= 0.3 is 0 Å². The van der Waals surface area contributed by atoms with Gasteiger partial charge in [-0.2, -0.15) is 0 Å². The molecule has 0 bridgehead atoms. The number of aliphatic hydroxyl groups is 1. The summed E-state index contributed by atoms with van der Waals surface area (Å²) in [7, 11) is 0. The Hall–Kier alpha value is -1.66. The standard InChI is InChI=1S/C18H25FN2O3/c19-14-3-1-4-15(13-14)24-12-7-18(23)21-10-8-20(9-11-21)16-5-2-6-17(16)22/h1,3-4,13,16-17,22H,2,5-12H2/t16-,17-/m1/s1. The molecule has 1 N–H and O–H groups in total. The first kappa shape index (κ1) is 17.2. The van der Waals surface area contributed by atoms with Gasteiger partial charge in [0, 0.05) is 38.3 Å². The second-order valence-electron chi connectivity index (χ2n) is 6.54. The molecule has 2 fully saturated rings. The van der Waals surface area contributed by atoms with Gasteiger partial charge in [0.2, 0.25) is 5.91 Å². The van der Waals surface area contributed by atoms with E-state index in [9.17, 15) is 14.3 Å². The number of nitrogens with zero attached hydrogens (tertiary/aromatic N) is 2. The van der Waals surface area contributed by atoms with E-state index in [1.807, 2.05) is 4.90 Å². The monoisotopic (exact) mass is 336 g/mol. The van der Waals surface area contributed by atoms with Crippen LogP contribution in [0.3, 0.4) is 0 Å². The number of carbonyl (C=O) groups excluding carboxylic acids is 1. The van der Waals surface area contributed by atoms with Gasteiger partial charge in [-0.15, -0.1) is 0 Å². The lowest BCUT2D eigenvalue weighted by Crippen LogP contribution is -2.53. The lowest BCUT2D eigenvalue weighted by atomic mass is 10.1. The highest BCUT2D eigenvalue weighted by atomic mass is 19.1. The van der Waals surface area contributed by atoms with Crippen molar-refractivity contribution in [1.82, 2.24) is 9.80 Å². The Labute approximate surface area is 142 Å². The molecule has 1 heterocycles. The summed E-state index contributed by atoms with van der Waals surface area (Å²) in [6.07, 6.45) is 3.11. The van der Waals surface area contributed by atoms with Crippen molar-refractivity contribution in [3.8, 4) is 5.75 Å². The van der Waals surface area contributed by atoms with E-state index in [0.717, 1.165) is 32.4 Å². The van der Waals surface area contributed by atoms with E-state index in [1.54, 1.807) is 12.1 Å². The minimum atomic E-state index is -0.343. The first-order chi connectivity index (χ1) is 11.6. The molecular weight excluding hydrogens is 311 g/mol. The van der Waals surface area contributed by atoms with Crippen LogP contribution in [0.4, 0.5) is 4.39 Å². The predicted molar refractivity (Wildman–Crippen MR) is 88.3 cm³/mol. The second-order valence-corrected chi connectivity index (χ2v) is 6.54. The lowest BCUT2D eigenvalue weighted by molar-refractivity contribution is -0.134. The molecule has 6 heteroatoms. The molecule has 1 aliphatic carbocycles. The summed E-state index contributed by atoms with van der Waals surface area (Å²) in [5.41, 5.74) is 0. The van der Waals surface area contributed by atoms with E-state index in [2.05, 4.69) is 4.90 Å². The van der Waals surface area contributed by atoms with Crippen LogP contribution in [0.5, 0.6) is 5.75 Å². The molecule has 0 unspecified atom stereocenters. The summed E-state index contributed by atoms with van der Waals surface area (Å²) >= 11 is 0. The van der Waals surface area contributed by atoms with Gasteiger partial charge in [0.15, 0.2) is 0 Å². The van der Waals surface area contributed by atoms with Crippen molar-refractivity contribution in [2.75, 3.05) is 32.8 Å². The predicted octanol–water partition coefficient (Wildman–Crippen LogP) is 1.65. The third kappa shape index (κ3) is 4.24. The van der Waals surface area contributed by atoms with E-state index in [-0.39, 0.29) is 30.5 Å². The van der Waals surface area contributed by atoms with E-state index < -0.39 is 0 Å². The Morgan fingerprint density at radius 3 is 2.71 bits per heavy atom. The van der Waals surface area contributed by atoms with Gasteiger partial charge in [-0.25, -0.2) is 4.39 Å². The second kappa shape index (κ2) is 7.94. The highest BCUT2D eigenvalue weighted by molar-refractivity contribution is 5.76. The quantitative estimate of drug-likeness (QED) is 0.888. The highest BCUT2D eigenvalue weighted by Crippen LogP contribution is 2.25. The molecule has 2 aliphatic rings. The fraction of sp³-hybridized carbons (Fsp3) is 0.611. The fourth-order valence-corrected chi connectivity index (χ4v) is 3.62. The van der Waals surface area contributed by atoms with Crippen molar-refractivity contribution in [3.05, 3.63) is 30.1 Å². The summed E-state index contributed by atoms with van der Waals surface area (Å²) in [6.45, 7) is 3.28. The van der Waals surface area contributed by atoms with Crippen LogP contribution in [0.15, 0.2) is 24.3 Å². The van der Waals surface area contributed by atoms with Gasteiger partial charge in [0.1, 0.15) is 11.6 Å². The van der Waals surface area contributed by atoms with Gasteiger partial charge in [-0.05, 0) is 31.4 Å². The maximum absolute atomic E-state index is 13.1. The molecule has 132 valence electrons. The summed E-state index contributed by atoms with van der Waals surface area (Å²) in [5.74, 6) is 0.171. The molecule has 5 nitrogen and oxygen atoms in total. The number of piperazine rings is 1. The zero-order valence-electron chi connectivity index (χ0n) is 13.9. The number of carbonyl (C=O) groups is 1. The minimum Gasteiger partial charge on any atom is -0.493 e. The van der Waals surface area contributed by atoms with Crippen molar-refractivity contribution >= 4 is 5.91 Å². The molecule has 2 atom stereocenters. The number of amides is 1. The lowest BCUT2D eigenvalue weighted by Gasteiger charge is -2.39. The van der Waals surface area contributed by atoms with Crippen molar-refractivity contribution < 1.29 is 19.0 Å². The number of benzene rings is 1. The molecular formula is C18H25FN2O3. The number of aliphatic hydroxyl groups excluding tert-OH is 1. The Bertz CT molecular complexity index is 561. The Morgan fingerprint density at radius 2 is 2.04 bits per heavy atom. The summed E-state index contributed by atoms with van der Waals surface area (Å²) in [5, 5.41) is 9.99. The number of rotatable bonds is 5. The molecule has 0 spiro atoms. The molecule has 1 aliphatic heterocycles. The van der Waals surface area contributed by atoms with E-state index in [4.69, 9.17) is 4.74 Å². The van der Waals surface area contributed by atoms with Crippen LogP contribution in [0.25, 0.3) is 0 Å². The topological polar surface area (TPSA) is 53.0 Å². The average Bonchev–Trinajstić information content (AvgIpc) is 3.01. The molecule has 1 amide bonds. The molecule has 1 aromatic carbocycles. The SMILES string of the molecule is O=C(CCOc1cccc(F)c1)N1CCN([C@@H]2CCC[C@H]2O)CC1. The number of hydrogen-bond acceptors (Lipinski definition) is 4. The average molecular weight is 336 g/mol. The molecule has 0 aromatic heterocycles. The van der Waals surface area contributed by atoms with Gasteiger partial charge in [-0.3, -0.25) is 9.69 Å². The molecule has 1 aromatic rings. The normalized spacial score (nSPS) is 25.0. The number of ether oxygens (including phenoxy) is 1. The third-order valence-corrected chi connectivity index (χ3v) is 4.96. The maximum Gasteiger partial charge on any atom is 0.226 e. The van der Waals surface area contributed by atoms with Crippen LogP contribution in [0.1, 0.15) is 25.7 Å². The highest BCUT2D eigenvalue weighted by Gasteiger charge is 2.33. The van der Waals surface area contributed by atoms with E-state index in [1.165, 1.54) is 12.1 Å². The van der Waals surface area contributed by atoms with Crippen LogP contribution in [-0.2, 0) is 4.79 Å². The van der Waals surface area contributed by atoms with Crippen LogP contribution in [-0.4, -0.2) is 65.7 Å². The molecule has 24 heavy (non-hydrogen) atoms. The van der Waals surface area contributed by atoms with Gasteiger partial charge in [0.25, 0.3) is 0 Å². The summed E-state index contributed by atoms with van der Waals surface area (Å²) < 4.78 is 18.5. The summed E-state index contributed by atoms with van der Waals surface area (Å²) in [6, 6.07) is 6.20. The van der Waals surface area contributed by atoms with Crippen molar-refractivity contribution in [2.24, 2.45) is 0 Å². The molecule has 1 saturated heterocycles. The third-order valence-electron chi connectivity index (χ3n) is 4.96. The van der Waals surface area contributed by atoms with E-state index >= 15 is 0 Å². The van der Waals surface area contributed by atoms with Crippen LogP contribution < -0.4 is 4.74 Å². The van der Waals surface area contributed by atoms with Gasteiger partial charge in [0.05, 0.1) is 19.1 Å². The zero-order chi connectivity index (χ0) is 16.9. The first-order valence-electron chi connectivity index (χ1n) is 8.72. The van der Waals surface area contributed by atoms with Crippen LogP contribution >= 0.6 is 0 Å². The largest absolute Gasteiger partial charge is 0.493 e. The molecule has 1 saturated carbocycles. The van der Waals surface area contributed by atoms with Crippen molar-refractivity contribution in [3.63, 3.8) is 0 Å². The fourth-order valence-electron chi connectivity index (χ4n) is 3.62. The Balaban J connectivity index is 1.39. The van der Waals surface area contributed by atoms with Crippen molar-refractivity contribution in [1.29, 1.82) is 0 Å². The first-order valence-corrected chi connectivity index (χ1v) is 8.72. The summed E-state index contributed by atoms with van der Waals surface area (Å²) in [4.78, 5) is 16.4. The molecule has 0 radical (unpaired) electrons. The van der Waals surface area contributed by atoms with Crippen LogP contribution in [0, 0.1) is 5.82 Å². The Kier molecular flexibility index (Phi) is 5.68. The van der Waals surface area contributed by atoms with Gasteiger partial charge in [-0.1, -0.05) is 6.07 Å². The van der Waals surface area contributed by atoms with E-state index in [0.29, 0.717) is 25.3 Å². The molecule has 3 rings (SSSR count). The van der Waals surface area contributed by atoms with Gasteiger partial charge < -0.3 is 14.7 Å². The number of hydrogen-bond donors (Lipinski definition) is 1. The zero-order valence-corrected chi connectivity index (χ0v) is 13.9. The minimum absolute atomic E-state index is 0.0676. The maximum atomic E-state index is 13.1. The number of halogens is 1.